The van der Waals surface area contributed by atoms with Gasteiger partial charge in [0.15, 0.2) is 15.3 Å². The Kier molecular flexibility index (Phi) is 3.15. The lowest BCUT2D eigenvalue weighted by Crippen LogP contribution is -2.50. The molecule has 1 heterocycles. The van der Waals surface area contributed by atoms with Crippen molar-refractivity contribution in [1.29, 1.82) is 0 Å². The summed E-state index contributed by atoms with van der Waals surface area (Å²) in [5, 5.41) is 0. The Morgan fingerprint density at radius 3 is 2.45 bits per heavy atom. The molecule has 4 heteroatoms. The minimum Gasteiger partial charge on any atom is -0.356 e. The van der Waals surface area contributed by atoms with Crippen molar-refractivity contribution in [2.24, 2.45) is 10.8 Å². The van der Waals surface area contributed by atoms with E-state index in [1.54, 1.807) is 0 Å². The predicted molar refractivity (Wildman–Crippen MR) is 80.1 cm³/mol. The largest absolute Gasteiger partial charge is 0.356 e. The summed E-state index contributed by atoms with van der Waals surface area (Å²) in [7, 11) is -3.17. The van der Waals surface area contributed by atoms with Gasteiger partial charge in [-0.2, -0.15) is 0 Å². The van der Waals surface area contributed by atoms with Crippen LogP contribution in [0.1, 0.15) is 59.3 Å². The van der Waals surface area contributed by atoms with Gasteiger partial charge in [-0.3, -0.25) is 0 Å². The third-order valence-electron chi connectivity index (χ3n) is 5.46. The molecule has 2 aliphatic carbocycles. The third kappa shape index (κ3) is 1.98. The van der Waals surface area contributed by atoms with Crippen LogP contribution in [0.15, 0.2) is 12.2 Å². The van der Waals surface area contributed by atoms with E-state index in [4.69, 9.17) is 4.74 Å². The lowest BCUT2D eigenvalue weighted by Gasteiger charge is -2.52. The average Bonchev–Trinajstić information content (AvgIpc) is 2.53. The molecular weight excluding hydrogens is 272 g/mol. The lowest BCUT2D eigenvalue weighted by molar-refractivity contribution is -0.124. The minimum atomic E-state index is -3.17. The molecule has 3 nitrogen and oxygen atoms in total. The van der Waals surface area contributed by atoms with Crippen LogP contribution in [0.2, 0.25) is 0 Å². The summed E-state index contributed by atoms with van der Waals surface area (Å²) >= 11 is 0. The first-order chi connectivity index (χ1) is 9.21. The zero-order valence-corrected chi connectivity index (χ0v) is 13.6. The number of hydrogen-bond donors (Lipinski definition) is 0. The molecule has 2 fully saturated rings. The van der Waals surface area contributed by atoms with Crippen molar-refractivity contribution in [2.75, 3.05) is 5.75 Å². The fourth-order valence-corrected chi connectivity index (χ4v) is 7.75. The molecule has 0 spiro atoms. The zero-order chi connectivity index (χ0) is 14.6. The molecule has 0 radical (unpaired) electrons. The van der Waals surface area contributed by atoms with Crippen molar-refractivity contribution in [2.45, 2.75) is 70.3 Å². The van der Waals surface area contributed by atoms with E-state index in [0.29, 0.717) is 5.75 Å². The van der Waals surface area contributed by atoms with Gasteiger partial charge in [-0.25, -0.2) is 8.42 Å². The van der Waals surface area contributed by atoms with E-state index < -0.39 is 20.9 Å². The van der Waals surface area contributed by atoms with E-state index in [9.17, 15) is 8.42 Å². The Bertz CT molecular complexity index is 528. The summed E-state index contributed by atoms with van der Waals surface area (Å²) in [6.07, 6.45) is 10.5. The van der Waals surface area contributed by atoms with Crippen molar-refractivity contribution < 1.29 is 13.2 Å². The van der Waals surface area contributed by atoms with E-state index in [1.807, 2.05) is 20.8 Å². The first-order valence-electron chi connectivity index (χ1n) is 7.75. The van der Waals surface area contributed by atoms with Crippen molar-refractivity contribution in [3.05, 3.63) is 12.2 Å². The average molecular weight is 298 g/mol. The summed E-state index contributed by atoms with van der Waals surface area (Å²) in [4.78, 5) is 0. The molecule has 0 bridgehead atoms. The smallest absolute Gasteiger partial charge is 0.178 e. The molecule has 0 aromatic heterocycles. The van der Waals surface area contributed by atoms with Gasteiger partial charge in [0.05, 0.1) is 11.4 Å². The highest BCUT2D eigenvalue weighted by Gasteiger charge is 2.67. The molecule has 114 valence electrons. The number of ether oxygens (including phenoxy) is 1. The van der Waals surface area contributed by atoms with E-state index in [2.05, 4.69) is 12.2 Å². The summed E-state index contributed by atoms with van der Waals surface area (Å²) in [6, 6.07) is 0. The molecule has 0 aromatic carbocycles. The van der Waals surface area contributed by atoms with Crippen LogP contribution in [-0.2, 0) is 14.6 Å². The zero-order valence-electron chi connectivity index (χ0n) is 12.8. The van der Waals surface area contributed by atoms with Gasteiger partial charge in [-0.1, -0.05) is 25.0 Å². The Balaban J connectivity index is 2.10. The summed E-state index contributed by atoms with van der Waals surface area (Å²) in [5.41, 5.74) is -1.26. The van der Waals surface area contributed by atoms with Gasteiger partial charge >= 0.3 is 0 Å². The van der Waals surface area contributed by atoms with Crippen molar-refractivity contribution in [3.63, 3.8) is 0 Å². The molecule has 20 heavy (non-hydrogen) atoms. The van der Waals surface area contributed by atoms with Crippen molar-refractivity contribution >= 4 is 9.84 Å². The molecule has 3 rings (SSSR count). The van der Waals surface area contributed by atoms with Gasteiger partial charge in [0.2, 0.25) is 0 Å². The van der Waals surface area contributed by atoms with Crippen LogP contribution >= 0.6 is 0 Å². The summed E-state index contributed by atoms with van der Waals surface area (Å²) in [6.45, 7) is 5.88. The second-order valence-corrected chi connectivity index (χ2v) is 9.94. The van der Waals surface area contributed by atoms with Gasteiger partial charge in [-0.15, -0.1) is 0 Å². The van der Waals surface area contributed by atoms with E-state index in [0.717, 1.165) is 38.5 Å². The van der Waals surface area contributed by atoms with Crippen LogP contribution in [0.25, 0.3) is 0 Å². The van der Waals surface area contributed by atoms with Crippen LogP contribution in [0.5, 0.6) is 0 Å². The molecule has 3 aliphatic rings. The fraction of sp³-hybridized carbons (Fsp3) is 0.875. The maximum Gasteiger partial charge on any atom is 0.178 e. The Morgan fingerprint density at radius 2 is 1.75 bits per heavy atom. The number of sulfone groups is 1. The first kappa shape index (κ1) is 14.6. The lowest BCUT2D eigenvalue weighted by atomic mass is 9.52. The molecule has 0 unspecified atom stereocenters. The number of rotatable bonds is 1. The molecule has 3 atom stereocenters. The summed E-state index contributed by atoms with van der Waals surface area (Å²) in [5.74, 6) is 0.324. The summed E-state index contributed by atoms with van der Waals surface area (Å²) < 4.78 is 31.7. The second-order valence-electron chi connectivity index (χ2n) is 7.89. The van der Waals surface area contributed by atoms with E-state index >= 15 is 0 Å². The highest BCUT2D eigenvalue weighted by molar-refractivity contribution is 7.92. The molecular formula is C16H26O3S. The standard InChI is InChI=1S/C16H26O3S/c1-14(2,3)19-13-16-10-6-4-8-15(16,9-5-7-11-16)12-20(13,17)18/h4,6,13H,5,7-12H2,1-3H3/t13-,15+,16-/m0/s1. The first-order valence-corrected chi connectivity index (χ1v) is 9.47. The maximum absolute atomic E-state index is 12.8. The normalized spacial score (nSPS) is 43.0. The Labute approximate surface area is 122 Å². The van der Waals surface area contributed by atoms with Crippen LogP contribution < -0.4 is 0 Å². The van der Waals surface area contributed by atoms with Crippen LogP contribution in [-0.4, -0.2) is 25.2 Å². The quantitative estimate of drug-likeness (QED) is 0.696. The van der Waals surface area contributed by atoms with Crippen LogP contribution in [0.3, 0.4) is 0 Å². The van der Waals surface area contributed by atoms with Crippen molar-refractivity contribution in [3.8, 4) is 0 Å². The minimum absolute atomic E-state index is 0.0608. The monoisotopic (exact) mass is 298 g/mol. The fourth-order valence-electron chi connectivity index (χ4n) is 4.70. The van der Waals surface area contributed by atoms with Crippen molar-refractivity contribution in [1.82, 2.24) is 0 Å². The molecule has 1 aliphatic heterocycles. The Hall–Kier alpha value is -0.350. The maximum atomic E-state index is 12.8. The molecule has 1 saturated heterocycles. The topological polar surface area (TPSA) is 43.4 Å². The molecule has 0 N–H and O–H groups in total. The third-order valence-corrected chi connectivity index (χ3v) is 7.61. The second kappa shape index (κ2) is 4.33. The van der Waals surface area contributed by atoms with Gasteiger partial charge in [-0.05, 0) is 51.9 Å². The number of hydrogen-bond acceptors (Lipinski definition) is 3. The van der Waals surface area contributed by atoms with E-state index in [1.165, 1.54) is 0 Å². The highest BCUT2D eigenvalue weighted by atomic mass is 32.2. The SMILES string of the molecule is CC(C)(C)O[C@@H]1[C@@]23CC=CC[C@@]2(CCCC3)CS1(=O)=O. The molecule has 0 amide bonds. The molecule has 0 aromatic rings. The highest BCUT2D eigenvalue weighted by Crippen LogP contribution is 2.65. The Morgan fingerprint density at radius 1 is 1.10 bits per heavy atom. The van der Waals surface area contributed by atoms with Gasteiger partial charge < -0.3 is 4.74 Å². The van der Waals surface area contributed by atoms with Gasteiger partial charge in [0.25, 0.3) is 0 Å². The molecule has 1 saturated carbocycles. The predicted octanol–water partition coefficient (Wildman–Crippen LogP) is 3.45. The van der Waals surface area contributed by atoms with E-state index in [-0.39, 0.29) is 10.8 Å². The van der Waals surface area contributed by atoms with Gasteiger partial charge in [0, 0.05) is 5.41 Å². The van der Waals surface area contributed by atoms with Crippen LogP contribution in [0.4, 0.5) is 0 Å². The van der Waals surface area contributed by atoms with Crippen LogP contribution in [0, 0.1) is 10.8 Å². The number of allylic oxidation sites excluding steroid dienone is 2. The van der Waals surface area contributed by atoms with Gasteiger partial charge in [0.1, 0.15) is 0 Å².